The number of carbonyl (C=O) groups is 4. The summed E-state index contributed by atoms with van der Waals surface area (Å²) in [5, 5.41) is 29.4. The Morgan fingerprint density at radius 2 is 2.02 bits per heavy atom. The number of carboxylic acid groups (broad SMARTS) is 2. The molecule has 14 heteroatoms. The van der Waals surface area contributed by atoms with Gasteiger partial charge in [-0.15, -0.1) is 11.3 Å². The second-order valence-corrected chi connectivity index (χ2v) is 12.0. The standard InChI is InChI=1S/C26H27N5O7S2/c1-12-18(22(26(37)38)31-21(12)19(13(2)32)24(31)36)16-8-30-11-28-20(25(30)40-16)23(35)15-5-14(10-39-4-3-27)6-29(7-15)9-17(33)34/h5-8,11-13,19,21,32H,3-4,9-10,27H2,1-2H3,(H-,33,34,37,38)/p+1/t12-,13+,19+,21+/m0/s1. The van der Waals surface area contributed by atoms with E-state index in [1.807, 2.05) is 6.92 Å². The van der Waals surface area contributed by atoms with Crippen LogP contribution in [0.4, 0.5) is 0 Å². The monoisotopic (exact) mass is 586 g/mol. The minimum Gasteiger partial charge on any atom is -0.477 e. The highest BCUT2D eigenvalue weighted by molar-refractivity contribution is 7.98. The molecule has 1 fully saturated rings. The van der Waals surface area contributed by atoms with Gasteiger partial charge in [-0.2, -0.15) is 16.3 Å². The van der Waals surface area contributed by atoms with Crippen molar-refractivity contribution >= 4 is 57.1 Å². The number of carbonyl (C=O) groups excluding carboxylic acids is 2. The van der Waals surface area contributed by atoms with Crippen molar-refractivity contribution in [3.8, 4) is 0 Å². The molecule has 1 amide bonds. The van der Waals surface area contributed by atoms with Gasteiger partial charge >= 0.3 is 11.9 Å². The minimum atomic E-state index is -1.23. The largest absolute Gasteiger partial charge is 0.477 e. The van der Waals surface area contributed by atoms with Crippen molar-refractivity contribution in [1.82, 2.24) is 14.3 Å². The molecular formula is C26H28N5O7S2+. The van der Waals surface area contributed by atoms with Crippen molar-refractivity contribution in [2.45, 2.75) is 38.3 Å². The van der Waals surface area contributed by atoms with Crippen LogP contribution in [0, 0.1) is 11.8 Å². The van der Waals surface area contributed by atoms with E-state index in [4.69, 9.17) is 5.73 Å². The van der Waals surface area contributed by atoms with E-state index in [1.165, 1.54) is 40.3 Å². The highest BCUT2D eigenvalue weighted by Crippen LogP contribution is 2.51. The third-order valence-electron chi connectivity index (χ3n) is 7.15. The average molecular weight is 587 g/mol. The van der Waals surface area contributed by atoms with E-state index in [0.717, 1.165) is 5.56 Å². The number of nitrogens with two attached hydrogens (primary N) is 1. The van der Waals surface area contributed by atoms with Gasteiger partial charge in [-0.05, 0) is 13.0 Å². The molecule has 210 valence electrons. The van der Waals surface area contributed by atoms with Crippen LogP contribution in [0.25, 0.3) is 10.4 Å². The molecule has 3 aromatic heterocycles. The molecule has 2 aliphatic rings. The van der Waals surface area contributed by atoms with Gasteiger partial charge in [-0.25, -0.2) is 14.6 Å². The van der Waals surface area contributed by atoms with Crippen LogP contribution < -0.4 is 10.3 Å². The Labute approximate surface area is 236 Å². The maximum Gasteiger partial charge on any atom is 0.370 e. The number of rotatable bonds is 11. The first kappa shape index (κ1) is 28.0. The van der Waals surface area contributed by atoms with Crippen LogP contribution in [0.5, 0.6) is 0 Å². The normalized spacial score (nSPS) is 21.1. The quantitative estimate of drug-likeness (QED) is 0.109. The summed E-state index contributed by atoms with van der Waals surface area (Å²) in [7, 11) is 0. The molecule has 0 saturated carbocycles. The summed E-state index contributed by atoms with van der Waals surface area (Å²) in [5.74, 6) is -2.87. The number of hydrogen-bond acceptors (Lipinski definition) is 9. The van der Waals surface area contributed by atoms with Crippen molar-refractivity contribution in [3.05, 3.63) is 58.4 Å². The number of hydrogen-bond donors (Lipinski definition) is 4. The lowest BCUT2D eigenvalue weighted by molar-refractivity contribution is -0.686. The van der Waals surface area contributed by atoms with Crippen LogP contribution in [0.1, 0.15) is 40.3 Å². The van der Waals surface area contributed by atoms with E-state index in [1.54, 1.807) is 34.6 Å². The fourth-order valence-electron chi connectivity index (χ4n) is 5.54. The second kappa shape index (κ2) is 10.8. The number of thioether (sulfide) groups is 1. The van der Waals surface area contributed by atoms with Gasteiger partial charge in [0.05, 0.1) is 28.5 Å². The molecule has 0 radical (unpaired) electrons. The van der Waals surface area contributed by atoms with Crippen molar-refractivity contribution in [2.24, 2.45) is 17.6 Å². The van der Waals surface area contributed by atoms with Gasteiger partial charge in [0, 0.05) is 41.3 Å². The number of aliphatic hydroxyl groups is 1. The molecule has 0 bridgehead atoms. The topological polar surface area (TPSA) is 179 Å². The van der Waals surface area contributed by atoms with Crippen LogP contribution >= 0.6 is 23.1 Å². The van der Waals surface area contributed by atoms with Gasteiger partial charge in [0.2, 0.25) is 18.2 Å². The number of aliphatic carboxylic acids is 2. The molecule has 12 nitrogen and oxygen atoms in total. The first-order valence-corrected chi connectivity index (χ1v) is 14.5. The molecule has 4 atom stereocenters. The van der Waals surface area contributed by atoms with Crippen molar-refractivity contribution in [3.63, 3.8) is 0 Å². The third kappa shape index (κ3) is 4.70. The van der Waals surface area contributed by atoms with Crippen LogP contribution in [0.15, 0.2) is 36.7 Å². The zero-order valence-corrected chi connectivity index (χ0v) is 23.3. The molecule has 0 aliphatic carbocycles. The summed E-state index contributed by atoms with van der Waals surface area (Å²) in [4.78, 5) is 56.6. The second-order valence-electron chi connectivity index (χ2n) is 9.89. The van der Waals surface area contributed by atoms with E-state index in [2.05, 4.69) is 4.98 Å². The van der Waals surface area contributed by atoms with Gasteiger partial charge in [0.25, 0.3) is 0 Å². The molecular weight excluding hydrogens is 558 g/mol. The zero-order valence-electron chi connectivity index (χ0n) is 21.7. The molecule has 5 rings (SSSR count). The predicted octanol–water partition coefficient (Wildman–Crippen LogP) is 0.844. The molecule has 3 aromatic rings. The van der Waals surface area contributed by atoms with Gasteiger partial charge in [0.15, 0.2) is 12.4 Å². The number of carboxylic acids is 2. The Kier molecular flexibility index (Phi) is 7.52. The summed E-state index contributed by atoms with van der Waals surface area (Å²) in [6, 6.07) is 1.25. The third-order valence-corrected chi connectivity index (χ3v) is 9.36. The number of nitrogens with zero attached hydrogens (tertiary/aromatic N) is 4. The molecule has 1 saturated heterocycles. The highest BCUT2D eigenvalue weighted by atomic mass is 32.2. The number of pyridine rings is 1. The molecule has 5 heterocycles. The summed E-state index contributed by atoms with van der Waals surface area (Å²) in [6.07, 6.45) is 5.41. The van der Waals surface area contributed by atoms with E-state index in [0.29, 0.717) is 33.3 Å². The number of aromatic nitrogens is 3. The number of fused-ring (bicyclic) bond motifs is 2. The maximum atomic E-state index is 13.6. The number of aliphatic hydroxyl groups excluding tert-OH is 1. The fourth-order valence-corrected chi connectivity index (χ4v) is 7.46. The summed E-state index contributed by atoms with van der Waals surface area (Å²) < 4.78 is 3.09. The zero-order chi connectivity index (χ0) is 28.9. The van der Waals surface area contributed by atoms with E-state index in [9.17, 15) is 34.5 Å². The van der Waals surface area contributed by atoms with E-state index >= 15 is 0 Å². The summed E-state index contributed by atoms with van der Waals surface area (Å²) in [5.41, 5.74) is 7.13. The Morgan fingerprint density at radius 3 is 2.67 bits per heavy atom. The van der Waals surface area contributed by atoms with Gasteiger partial charge < -0.3 is 26.0 Å². The Hall–Kier alpha value is -3.59. The molecule has 0 aromatic carbocycles. The fraction of sp³-hybridized carbons (Fsp3) is 0.385. The maximum absolute atomic E-state index is 13.6. The van der Waals surface area contributed by atoms with Crippen LogP contribution in [0.3, 0.4) is 0 Å². The Balaban J connectivity index is 1.52. The predicted molar refractivity (Wildman–Crippen MR) is 146 cm³/mol. The van der Waals surface area contributed by atoms with Gasteiger partial charge in [0.1, 0.15) is 22.5 Å². The number of imidazole rings is 1. The smallest absolute Gasteiger partial charge is 0.370 e. The number of amides is 1. The lowest BCUT2D eigenvalue weighted by Gasteiger charge is -2.46. The van der Waals surface area contributed by atoms with Gasteiger partial charge in [-0.3, -0.25) is 14.0 Å². The molecule has 5 N–H and O–H groups in total. The Bertz CT molecular complexity index is 1580. The number of thiazole rings is 1. The van der Waals surface area contributed by atoms with Crippen molar-refractivity contribution < 1.29 is 39.1 Å². The molecule has 0 spiro atoms. The number of β-lactam (4-membered cyclic amide) rings is 1. The lowest BCUT2D eigenvalue weighted by Crippen LogP contribution is -2.63. The van der Waals surface area contributed by atoms with Gasteiger partial charge in [-0.1, -0.05) is 6.92 Å². The molecule has 0 unspecified atom stereocenters. The Morgan fingerprint density at radius 1 is 1.27 bits per heavy atom. The van der Waals surface area contributed by atoms with Crippen molar-refractivity contribution in [2.75, 3.05) is 12.3 Å². The average Bonchev–Trinajstić information content (AvgIpc) is 3.53. The van der Waals surface area contributed by atoms with Crippen LogP contribution in [0.2, 0.25) is 0 Å². The minimum absolute atomic E-state index is 0.109. The highest BCUT2D eigenvalue weighted by Gasteiger charge is 2.60. The summed E-state index contributed by atoms with van der Waals surface area (Å²) >= 11 is 2.76. The van der Waals surface area contributed by atoms with E-state index in [-0.39, 0.29) is 29.4 Å². The van der Waals surface area contributed by atoms with Crippen LogP contribution in [-0.2, 0) is 26.7 Å². The molecule has 40 heavy (non-hydrogen) atoms. The van der Waals surface area contributed by atoms with E-state index < -0.39 is 41.7 Å². The summed E-state index contributed by atoms with van der Waals surface area (Å²) in [6.45, 7) is 3.54. The molecule has 2 aliphatic heterocycles. The van der Waals surface area contributed by atoms with Crippen molar-refractivity contribution in [1.29, 1.82) is 0 Å². The lowest BCUT2D eigenvalue weighted by atomic mass is 9.77. The SMILES string of the molecule is C[C@@H](O)[C@H]1C(=O)N2C(C(=O)O)=C(c3cn4cnc(C(=O)c5cc(CSCCN)c[n+](CC(=O)O)c5)c4s3)[C@H](C)[C@H]12. The van der Waals surface area contributed by atoms with Crippen LogP contribution in [-0.4, -0.2) is 77.7 Å². The first-order valence-electron chi connectivity index (χ1n) is 12.6. The first-order chi connectivity index (χ1) is 19.0. The number of ketones is 1.